The minimum atomic E-state index is -3.57. The minimum absolute atomic E-state index is 0.0128. The molecule has 0 aliphatic carbocycles. The first-order chi connectivity index (χ1) is 8.02. The topological polar surface area (TPSA) is 87.0 Å². The molecule has 0 amide bonds. The molecule has 0 bridgehead atoms. The molecule has 8 heteroatoms. The fourth-order valence-electron chi connectivity index (χ4n) is 1.89. The van der Waals surface area contributed by atoms with Crippen LogP contribution >= 0.6 is 14.5 Å². The number of hydrogen-bond donors (Lipinski definition) is 3. The van der Waals surface area contributed by atoms with E-state index < -0.39 is 26.7 Å². The lowest BCUT2D eigenvalue weighted by Crippen LogP contribution is -2.24. The second kappa shape index (κ2) is 5.66. The third-order valence-electron chi connectivity index (χ3n) is 3.00. The van der Waals surface area contributed by atoms with Crippen LogP contribution in [0.1, 0.15) is 6.92 Å². The fourth-order valence-corrected chi connectivity index (χ4v) is 6.20. The zero-order valence-electron chi connectivity index (χ0n) is 10.9. The molecule has 6 atom stereocenters. The summed E-state index contributed by atoms with van der Waals surface area (Å²) in [4.78, 5) is 19.2. The normalized spacial score (nSPS) is 39.6. The smallest absolute Gasteiger partial charge is 0.228 e. The quantitative estimate of drug-likeness (QED) is 0.504. The summed E-state index contributed by atoms with van der Waals surface area (Å²) in [5.41, 5.74) is 0. The van der Waals surface area contributed by atoms with E-state index in [1.807, 2.05) is 14.8 Å². The zero-order chi connectivity index (χ0) is 14.1. The second-order valence-electron chi connectivity index (χ2n) is 5.23. The van der Waals surface area contributed by atoms with Gasteiger partial charge in [0.25, 0.3) is 0 Å². The Bertz CT molecular complexity index is 418. The maximum atomic E-state index is 11.8. The molecule has 0 aromatic rings. The predicted octanol–water partition coefficient (Wildman–Crippen LogP) is 0.0697. The molecule has 0 aromatic heterocycles. The van der Waals surface area contributed by atoms with Gasteiger partial charge in [0, 0.05) is 19.0 Å². The molecule has 0 radical (unpaired) electrons. The van der Waals surface area contributed by atoms with Gasteiger partial charge in [-0.15, -0.1) is 0 Å². The summed E-state index contributed by atoms with van der Waals surface area (Å²) < 4.78 is 17.3. The molecule has 1 saturated heterocycles. The van der Waals surface area contributed by atoms with E-state index in [9.17, 15) is 19.5 Å². The van der Waals surface area contributed by atoms with Crippen molar-refractivity contribution in [1.82, 2.24) is 0 Å². The van der Waals surface area contributed by atoms with Crippen LogP contribution in [0, 0.1) is 5.92 Å². The summed E-state index contributed by atoms with van der Waals surface area (Å²) in [6.45, 7) is 3.35. The van der Waals surface area contributed by atoms with E-state index in [1.165, 1.54) is 12.7 Å². The Morgan fingerprint density at radius 1 is 1.50 bits per heavy atom. The molecule has 0 aromatic carbocycles. The van der Waals surface area contributed by atoms with Crippen molar-refractivity contribution >= 4 is 28.6 Å². The van der Waals surface area contributed by atoms with E-state index in [1.54, 1.807) is 0 Å². The maximum Gasteiger partial charge on any atom is 0.228 e. The van der Waals surface area contributed by atoms with Gasteiger partial charge >= 0.3 is 0 Å². The van der Waals surface area contributed by atoms with Crippen molar-refractivity contribution in [2.75, 3.05) is 12.6 Å². The standard InChI is InChI=1S/C10H21BO5P2/c1-7-9(12)8(16-10(7)11)4-5-18(14,15)6-17(2,3)13/h4-5,7-10,12-13H,2,6,11H2,1,3H3,(H,14,15)/b5-4+/t7-,8+,9?,10+,17?/m0/s1. The number of aliphatic hydroxyl groups excluding tert-OH is 1. The monoisotopic (exact) mass is 294 g/mol. The first-order valence-corrected chi connectivity index (χ1v) is 10.3. The Morgan fingerprint density at radius 2 is 2.06 bits per heavy atom. The van der Waals surface area contributed by atoms with Crippen molar-refractivity contribution in [3.63, 3.8) is 0 Å². The Hall–Kier alpha value is 0.175. The van der Waals surface area contributed by atoms with Crippen molar-refractivity contribution in [2.45, 2.75) is 25.1 Å². The van der Waals surface area contributed by atoms with Gasteiger partial charge in [0.2, 0.25) is 7.37 Å². The second-order valence-corrected chi connectivity index (χ2v) is 10.9. The zero-order valence-corrected chi connectivity index (χ0v) is 12.7. The van der Waals surface area contributed by atoms with E-state index in [0.29, 0.717) is 0 Å². The van der Waals surface area contributed by atoms with E-state index in [-0.39, 0.29) is 17.8 Å². The molecule has 1 rings (SSSR count). The highest BCUT2D eigenvalue weighted by atomic mass is 31.2. The largest absolute Gasteiger partial charge is 0.390 e. The molecule has 0 saturated carbocycles. The summed E-state index contributed by atoms with van der Waals surface area (Å²) in [5, 5.41) is 9.85. The highest BCUT2D eigenvalue weighted by Crippen LogP contribution is 2.55. The minimum Gasteiger partial charge on any atom is -0.390 e. The van der Waals surface area contributed by atoms with Gasteiger partial charge in [-0.1, -0.05) is 13.2 Å². The lowest BCUT2D eigenvalue weighted by molar-refractivity contribution is 0.0635. The van der Waals surface area contributed by atoms with Crippen molar-refractivity contribution < 1.29 is 24.2 Å². The van der Waals surface area contributed by atoms with Crippen molar-refractivity contribution in [3.8, 4) is 0 Å². The van der Waals surface area contributed by atoms with Crippen LogP contribution in [0.2, 0.25) is 0 Å². The molecule has 3 unspecified atom stereocenters. The van der Waals surface area contributed by atoms with Gasteiger partial charge in [-0.2, -0.15) is 0 Å². The van der Waals surface area contributed by atoms with Crippen LogP contribution in [-0.4, -0.2) is 59.8 Å². The van der Waals surface area contributed by atoms with Gasteiger partial charge in [-0.05, 0) is 18.6 Å². The summed E-state index contributed by atoms with van der Waals surface area (Å²) >= 11 is 0. The SMILES string of the molecule is B[C@@H]1O[C@H](/C=C/P(=O)(O)CP(=C)(C)O)C(O)[C@@H]1C. The van der Waals surface area contributed by atoms with E-state index >= 15 is 0 Å². The van der Waals surface area contributed by atoms with E-state index in [2.05, 4.69) is 6.30 Å². The molecule has 0 spiro atoms. The van der Waals surface area contributed by atoms with Gasteiger partial charge in [0.05, 0.1) is 12.0 Å². The van der Waals surface area contributed by atoms with Crippen molar-refractivity contribution in [3.05, 3.63) is 11.9 Å². The molecule has 1 heterocycles. The van der Waals surface area contributed by atoms with Gasteiger partial charge < -0.3 is 19.6 Å². The van der Waals surface area contributed by atoms with Gasteiger partial charge in [-0.3, -0.25) is 4.57 Å². The first-order valence-electron chi connectivity index (χ1n) is 5.79. The Labute approximate surface area is 109 Å². The average molecular weight is 294 g/mol. The maximum absolute atomic E-state index is 11.8. The molecular weight excluding hydrogens is 273 g/mol. The highest BCUT2D eigenvalue weighted by molar-refractivity contribution is 7.81. The van der Waals surface area contributed by atoms with Crippen LogP contribution in [0.15, 0.2) is 11.9 Å². The highest BCUT2D eigenvalue weighted by Gasteiger charge is 2.37. The predicted molar refractivity (Wildman–Crippen MR) is 78.4 cm³/mol. The van der Waals surface area contributed by atoms with Gasteiger partial charge in [0.1, 0.15) is 14.0 Å². The lowest BCUT2D eigenvalue weighted by atomic mass is 9.86. The molecular formula is C10H21BO5P2. The van der Waals surface area contributed by atoms with Crippen LogP contribution in [0.25, 0.3) is 0 Å². The van der Waals surface area contributed by atoms with E-state index in [0.717, 1.165) is 5.82 Å². The van der Waals surface area contributed by atoms with Crippen LogP contribution in [-0.2, 0) is 9.30 Å². The molecule has 1 aliphatic rings. The molecule has 5 nitrogen and oxygen atoms in total. The molecule has 18 heavy (non-hydrogen) atoms. The van der Waals surface area contributed by atoms with Gasteiger partial charge in [-0.25, -0.2) is 0 Å². The summed E-state index contributed by atoms with van der Waals surface area (Å²) in [6, 6.07) is -0.0869. The lowest BCUT2D eigenvalue weighted by Gasteiger charge is -2.15. The van der Waals surface area contributed by atoms with Gasteiger partial charge in [0.15, 0.2) is 0 Å². The third-order valence-corrected chi connectivity index (χ3v) is 7.70. The third kappa shape index (κ3) is 4.69. The van der Waals surface area contributed by atoms with Crippen molar-refractivity contribution in [1.29, 1.82) is 0 Å². The Kier molecular flexibility index (Phi) is 5.10. The summed E-state index contributed by atoms with van der Waals surface area (Å²) in [7, 11) is -4.27. The van der Waals surface area contributed by atoms with Crippen LogP contribution in [0.3, 0.4) is 0 Å². The average Bonchev–Trinajstić information content (AvgIpc) is 2.39. The Balaban J connectivity index is 2.70. The van der Waals surface area contributed by atoms with Crippen LogP contribution in [0.4, 0.5) is 0 Å². The number of hydrogen-bond acceptors (Lipinski definition) is 4. The number of aliphatic hydroxyl groups is 1. The number of ether oxygens (including phenoxy) is 1. The van der Waals surface area contributed by atoms with Crippen molar-refractivity contribution in [2.24, 2.45) is 5.92 Å². The molecule has 1 fully saturated rings. The van der Waals surface area contributed by atoms with Crippen LogP contribution < -0.4 is 0 Å². The van der Waals surface area contributed by atoms with E-state index in [4.69, 9.17) is 4.74 Å². The Morgan fingerprint density at radius 3 is 2.44 bits per heavy atom. The molecule has 104 valence electrons. The molecule has 3 N–H and O–H groups in total. The summed E-state index contributed by atoms with van der Waals surface area (Å²) in [5.74, 6) is 0.914. The fraction of sp³-hybridized carbons (Fsp3) is 0.700. The molecule has 1 aliphatic heterocycles. The first kappa shape index (κ1) is 16.2. The van der Waals surface area contributed by atoms with Crippen LogP contribution in [0.5, 0.6) is 0 Å². The summed E-state index contributed by atoms with van der Waals surface area (Å²) in [6.07, 6.45) is 3.67. The number of rotatable bonds is 4.